The standard InChI is InChI=1S/C25H32O19/c1-9(26)37-14-15(38-10(2)27)19(40-12(4)29)23(42-17(14)21(31)34-6)44-25(24(33)36-8)20(41-13(5)30)16(39-11(3)28)18(43-25)22(32)35-7/h14-20,23H,1-8H3/t14-,15-,16+,17-,18-,19+,20-,23+,25+/m0/s1. The maximum atomic E-state index is 13.4. The average molecular weight is 637 g/mol. The van der Waals surface area contributed by atoms with Gasteiger partial charge in [-0.2, -0.15) is 0 Å². The second-order valence-electron chi connectivity index (χ2n) is 9.11. The first-order chi connectivity index (χ1) is 20.5. The fourth-order valence-electron chi connectivity index (χ4n) is 4.43. The van der Waals surface area contributed by atoms with Gasteiger partial charge in [0.2, 0.25) is 12.4 Å². The molecule has 0 aromatic rings. The Morgan fingerprint density at radius 2 is 0.955 bits per heavy atom. The minimum absolute atomic E-state index is 0.842. The van der Waals surface area contributed by atoms with Crippen LogP contribution in [0.4, 0.5) is 0 Å². The summed E-state index contributed by atoms with van der Waals surface area (Å²) in [4.78, 5) is 99.2. The molecule has 2 aliphatic heterocycles. The molecule has 2 aliphatic rings. The number of rotatable bonds is 10. The quantitative estimate of drug-likeness (QED) is 0.186. The zero-order valence-corrected chi connectivity index (χ0v) is 24.9. The van der Waals surface area contributed by atoms with Crippen molar-refractivity contribution in [1.29, 1.82) is 0 Å². The number of ether oxygens (including phenoxy) is 11. The summed E-state index contributed by atoms with van der Waals surface area (Å²) in [6.45, 7) is 4.63. The molecule has 2 saturated heterocycles. The van der Waals surface area contributed by atoms with Crippen LogP contribution in [0.1, 0.15) is 34.6 Å². The molecule has 9 atom stereocenters. The maximum absolute atomic E-state index is 13.4. The van der Waals surface area contributed by atoms with E-state index in [1.165, 1.54) is 0 Å². The van der Waals surface area contributed by atoms with Gasteiger partial charge in [0, 0.05) is 34.6 Å². The van der Waals surface area contributed by atoms with Gasteiger partial charge in [0.1, 0.15) is 0 Å². The molecular formula is C25H32O19. The van der Waals surface area contributed by atoms with Crippen LogP contribution < -0.4 is 0 Å². The summed E-state index contributed by atoms with van der Waals surface area (Å²) in [6.07, 6.45) is -15.9. The first kappa shape index (κ1) is 35.8. The predicted molar refractivity (Wildman–Crippen MR) is 131 cm³/mol. The number of hydrogen-bond acceptors (Lipinski definition) is 19. The Labute approximate surface area is 249 Å². The molecular weight excluding hydrogens is 604 g/mol. The van der Waals surface area contributed by atoms with Gasteiger partial charge in [-0.25, -0.2) is 14.4 Å². The zero-order chi connectivity index (χ0) is 33.5. The van der Waals surface area contributed by atoms with E-state index in [1.807, 2.05) is 0 Å². The Morgan fingerprint density at radius 1 is 0.523 bits per heavy atom. The van der Waals surface area contributed by atoms with Gasteiger partial charge >= 0.3 is 53.5 Å². The summed E-state index contributed by atoms with van der Waals surface area (Å²) in [5, 5.41) is 0. The van der Waals surface area contributed by atoms with Crippen LogP contribution >= 0.6 is 0 Å². The van der Waals surface area contributed by atoms with E-state index in [0.717, 1.165) is 55.9 Å². The third-order valence-electron chi connectivity index (χ3n) is 5.90. The Morgan fingerprint density at radius 3 is 1.41 bits per heavy atom. The van der Waals surface area contributed by atoms with E-state index < -0.39 is 103 Å². The highest BCUT2D eigenvalue weighted by Gasteiger charge is 2.70. The van der Waals surface area contributed by atoms with E-state index >= 15 is 0 Å². The van der Waals surface area contributed by atoms with Crippen LogP contribution in [-0.2, 0) is 90.5 Å². The molecule has 44 heavy (non-hydrogen) atoms. The second kappa shape index (κ2) is 14.9. The van der Waals surface area contributed by atoms with E-state index in [2.05, 4.69) is 4.74 Å². The molecule has 0 aliphatic carbocycles. The molecule has 0 bridgehead atoms. The van der Waals surface area contributed by atoms with Crippen LogP contribution in [0.25, 0.3) is 0 Å². The second-order valence-corrected chi connectivity index (χ2v) is 9.11. The number of carbonyl (C=O) groups excluding carboxylic acids is 8. The van der Waals surface area contributed by atoms with Gasteiger partial charge in [-0.1, -0.05) is 0 Å². The Hall–Kier alpha value is -4.36. The minimum atomic E-state index is -3.09. The molecule has 19 heteroatoms. The van der Waals surface area contributed by atoms with Gasteiger partial charge in [0.05, 0.1) is 21.3 Å². The van der Waals surface area contributed by atoms with Crippen molar-refractivity contribution < 1.29 is 90.5 Å². The van der Waals surface area contributed by atoms with Crippen molar-refractivity contribution in [2.45, 2.75) is 89.4 Å². The molecule has 0 saturated carbocycles. The topological polar surface area (TPSA) is 238 Å². The number of carbonyl (C=O) groups is 8. The molecule has 0 aromatic heterocycles. The fourth-order valence-corrected chi connectivity index (χ4v) is 4.43. The molecule has 0 aromatic carbocycles. The summed E-state index contributed by atoms with van der Waals surface area (Å²) in [6, 6.07) is 0. The van der Waals surface area contributed by atoms with Crippen molar-refractivity contribution in [2.75, 3.05) is 21.3 Å². The summed E-state index contributed by atoms with van der Waals surface area (Å²) in [7, 11) is 2.70. The first-order valence-corrected chi connectivity index (χ1v) is 12.6. The molecule has 0 amide bonds. The fraction of sp³-hybridized carbons (Fsp3) is 0.680. The molecule has 2 heterocycles. The summed E-state index contributed by atoms with van der Waals surface area (Å²) < 4.78 is 57.3. The predicted octanol–water partition coefficient (Wildman–Crippen LogP) is -2.00. The molecule has 246 valence electrons. The lowest BCUT2D eigenvalue weighted by molar-refractivity contribution is -0.365. The minimum Gasteiger partial charge on any atom is -0.467 e. The van der Waals surface area contributed by atoms with Gasteiger partial charge < -0.3 is 52.1 Å². The Balaban J connectivity index is 2.84. The lowest BCUT2D eigenvalue weighted by atomic mass is 9.97. The molecule has 0 spiro atoms. The number of esters is 8. The SMILES string of the molecule is COC(=O)[C@H]1O[C@](O[C@H]2O[C@H](C(=O)OC)[C@@H](OC(C)=O)[C@H](OC(C)=O)[C@H]2OC(C)=O)(C(=O)OC)[C@@H](OC(C)=O)[C@@H]1OC(C)=O. The highest BCUT2D eigenvalue weighted by molar-refractivity contribution is 5.84. The largest absolute Gasteiger partial charge is 0.467 e. The monoisotopic (exact) mass is 636 g/mol. The van der Waals surface area contributed by atoms with E-state index in [-0.39, 0.29) is 0 Å². The lowest BCUT2D eigenvalue weighted by Gasteiger charge is -2.45. The highest BCUT2D eigenvalue weighted by atomic mass is 16.8. The Bertz CT molecular complexity index is 1160. The van der Waals surface area contributed by atoms with Gasteiger partial charge in [-0.05, 0) is 0 Å². The Kier molecular flexibility index (Phi) is 12.1. The molecule has 0 unspecified atom stereocenters. The van der Waals surface area contributed by atoms with Crippen molar-refractivity contribution in [3.63, 3.8) is 0 Å². The van der Waals surface area contributed by atoms with Gasteiger partial charge in [0.25, 0.3) is 0 Å². The van der Waals surface area contributed by atoms with Crippen LogP contribution in [0.3, 0.4) is 0 Å². The van der Waals surface area contributed by atoms with Crippen molar-refractivity contribution in [2.24, 2.45) is 0 Å². The summed E-state index contributed by atoms with van der Waals surface area (Å²) >= 11 is 0. The van der Waals surface area contributed by atoms with Gasteiger partial charge in [0.15, 0.2) is 36.6 Å². The van der Waals surface area contributed by atoms with Crippen molar-refractivity contribution in [1.82, 2.24) is 0 Å². The molecule has 0 N–H and O–H groups in total. The molecule has 2 fully saturated rings. The maximum Gasteiger partial charge on any atom is 0.371 e. The van der Waals surface area contributed by atoms with Crippen LogP contribution in [0, 0.1) is 0 Å². The van der Waals surface area contributed by atoms with Crippen molar-refractivity contribution >= 4 is 47.8 Å². The average Bonchev–Trinajstić information content (AvgIpc) is 3.21. The smallest absolute Gasteiger partial charge is 0.371 e. The van der Waals surface area contributed by atoms with E-state index in [0.29, 0.717) is 0 Å². The van der Waals surface area contributed by atoms with Gasteiger partial charge in [-0.3, -0.25) is 24.0 Å². The molecule has 2 rings (SSSR count). The highest BCUT2D eigenvalue weighted by Crippen LogP contribution is 2.42. The molecule has 19 nitrogen and oxygen atoms in total. The van der Waals surface area contributed by atoms with Crippen LogP contribution in [-0.4, -0.2) is 124 Å². The van der Waals surface area contributed by atoms with E-state index in [1.54, 1.807) is 0 Å². The third kappa shape index (κ3) is 7.97. The van der Waals surface area contributed by atoms with Crippen LogP contribution in [0.15, 0.2) is 0 Å². The van der Waals surface area contributed by atoms with Crippen molar-refractivity contribution in [3.8, 4) is 0 Å². The summed E-state index contributed by atoms with van der Waals surface area (Å²) in [5.74, 6) is -12.2. The number of methoxy groups -OCH3 is 3. The third-order valence-corrected chi connectivity index (χ3v) is 5.90. The van der Waals surface area contributed by atoms with E-state index in [9.17, 15) is 38.4 Å². The summed E-state index contributed by atoms with van der Waals surface area (Å²) in [5.41, 5.74) is 0. The van der Waals surface area contributed by atoms with E-state index in [4.69, 9.17) is 47.4 Å². The molecule has 0 radical (unpaired) electrons. The van der Waals surface area contributed by atoms with Crippen LogP contribution in [0.2, 0.25) is 0 Å². The van der Waals surface area contributed by atoms with Crippen molar-refractivity contribution in [3.05, 3.63) is 0 Å². The normalized spacial score (nSPS) is 31.0. The zero-order valence-electron chi connectivity index (χ0n) is 24.9. The van der Waals surface area contributed by atoms with Crippen LogP contribution in [0.5, 0.6) is 0 Å². The number of hydrogen-bond donors (Lipinski definition) is 0. The van der Waals surface area contributed by atoms with Gasteiger partial charge in [-0.15, -0.1) is 0 Å². The first-order valence-electron chi connectivity index (χ1n) is 12.6. The lowest BCUT2D eigenvalue weighted by Crippen LogP contribution is -2.67.